The zero-order valence-electron chi connectivity index (χ0n) is 19.1. The molecule has 180 valence electrons. The van der Waals surface area contributed by atoms with Crippen molar-refractivity contribution < 1.29 is 22.4 Å². The second-order valence-electron chi connectivity index (χ2n) is 7.98. The molecular weight excluding hydrogens is 469 g/mol. The Morgan fingerprint density at radius 1 is 1.12 bits per heavy atom. The number of rotatable bonds is 10. The van der Waals surface area contributed by atoms with Crippen molar-refractivity contribution in [3.8, 4) is 0 Å². The second kappa shape index (κ2) is 11.5. The van der Waals surface area contributed by atoms with Gasteiger partial charge >= 0.3 is 0 Å². The summed E-state index contributed by atoms with van der Waals surface area (Å²) in [6.45, 7) is 4.87. The molecule has 0 unspecified atom stereocenters. The third-order valence-electron chi connectivity index (χ3n) is 4.86. The molecule has 0 saturated heterocycles. The molecule has 0 aromatic heterocycles. The lowest BCUT2D eigenvalue weighted by molar-refractivity contribution is -0.140. The van der Waals surface area contributed by atoms with Crippen molar-refractivity contribution in [1.82, 2.24) is 10.2 Å². The molecule has 0 spiro atoms. The number of hydrogen-bond donors (Lipinski definition) is 1. The van der Waals surface area contributed by atoms with Crippen molar-refractivity contribution >= 4 is 39.1 Å². The minimum atomic E-state index is -3.84. The highest BCUT2D eigenvalue weighted by Gasteiger charge is 2.32. The number of carbonyl (C=O) groups is 2. The fraction of sp³-hybridized carbons (Fsp3) is 0.391. The van der Waals surface area contributed by atoms with Gasteiger partial charge in [-0.25, -0.2) is 12.8 Å². The molecule has 2 rings (SSSR count). The van der Waals surface area contributed by atoms with E-state index in [9.17, 15) is 22.4 Å². The van der Waals surface area contributed by atoms with Gasteiger partial charge in [0.25, 0.3) is 0 Å². The van der Waals surface area contributed by atoms with Gasteiger partial charge < -0.3 is 10.2 Å². The van der Waals surface area contributed by atoms with E-state index in [1.807, 2.05) is 0 Å². The zero-order valence-corrected chi connectivity index (χ0v) is 20.7. The van der Waals surface area contributed by atoms with Gasteiger partial charge in [-0.05, 0) is 56.2 Å². The monoisotopic (exact) mass is 497 g/mol. The summed E-state index contributed by atoms with van der Waals surface area (Å²) in [5.74, 6) is -1.35. The molecule has 0 aliphatic carbocycles. The van der Waals surface area contributed by atoms with E-state index in [2.05, 4.69) is 5.32 Å². The molecule has 1 atom stereocenters. The number of hydrogen-bond acceptors (Lipinski definition) is 4. The average molecular weight is 498 g/mol. The van der Waals surface area contributed by atoms with E-state index in [0.29, 0.717) is 17.0 Å². The van der Waals surface area contributed by atoms with Crippen LogP contribution < -0.4 is 9.62 Å². The first-order valence-corrected chi connectivity index (χ1v) is 12.7. The lowest BCUT2D eigenvalue weighted by Gasteiger charge is -2.33. The molecular formula is C23H29ClFN3O4S. The number of carbonyl (C=O) groups excluding carboxylic acids is 2. The maximum absolute atomic E-state index is 13.5. The Hall–Kier alpha value is -2.65. The number of halogens is 2. The number of anilines is 1. The fourth-order valence-electron chi connectivity index (χ4n) is 3.33. The van der Waals surface area contributed by atoms with Crippen LogP contribution in [0.15, 0.2) is 48.5 Å². The molecule has 1 N–H and O–H groups in total. The van der Waals surface area contributed by atoms with Gasteiger partial charge in [-0.1, -0.05) is 36.7 Å². The maximum atomic E-state index is 13.5. The Kier molecular flexibility index (Phi) is 9.25. The maximum Gasteiger partial charge on any atom is 0.244 e. The summed E-state index contributed by atoms with van der Waals surface area (Å²) >= 11 is 6.02. The molecule has 2 aromatic carbocycles. The predicted molar refractivity (Wildman–Crippen MR) is 128 cm³/mol. The molecule has 0 aliphatic rings. The smallest absolute Gasteiger partial charge is 0.244 e. The Labute approximate surface area is 199 Å². The third kappa shape index (κ3) is 7.71. The molecule has 7 nitrogen and oxygen atoms in total. The first kappa shape index (κ1) is 26.6. The van der Waals surface area contributed by atoms with Gasteiger partial charge in [0.1, 0.15) is 18.4 Å². The van der Waals surface area contributed by atoms with E-state index in [1.165, 1.54) is 41.3 Å². The molecule has 10 heteroatoms. The van der Waals surface area contributed by atoms with Crippen LogP contribution in [0.4, 0.5) is 10.1 Å². The Morgan fingerprint density at radius 3 is 2.27 bits per heavy atom. The molecule has 0 radical (unpaired) electrons. The lowest BCUT2D eigenvalue weighted by atomic mass is 10.1. The first-order chi connectivity index (χ1) is 15.4. The van der Waals surface area contributed by atoms with E-state index < -0.39 is 34.3 Å². The van der Waals surface area contributed by atoms with Crippen LogP contribution in [-0.2, 0) is 26.2 Å². The first-order valence-electron chi connectivity index (χ1n) is 10.5. The van der Waals surface area contributed by atoms with Crippen molar-refractivity contribution in [3.63, 3.8) is 0 Å². The van der Waals surface area contributed by atoms with Crippen LogP contribution in [0.1, 0.15) is 32.8 Å². The van der Waals surface area contributed by atoms with Crippen LogP contribution >= 0.6 is 11.6 Å². The normalized spacial score (nSPS) is 12.3. The van der Waals surface area contributed by atoms with Gasteiger partial charge in [0.15, 0.2) is 0 Å². The Morgan fingerprint density at radius 2 is 1.76 bits per heavy atom. The lowest BCUT2D eigenvalue weighted by Crippen LogP contribution is -2.53. The van der Waals surface area contributed by atoms with Crippen molar-refractivity contribution in [2.45, 2.75) is 45.8 Å². The highest BCUT2D eigenvalue weighted by atomic mass is 35.5. The van der Waals surface area contributed by atoms with Gasteiger partial charge in [-0.2, -0.15) is 0 Å². The number of benzene rings is 2. The Bertz CT molecular complexity index is 1080. The predicted octanol–water partition coefficient (Wildman–Crippen LogP) is 3.58. The van der Waals surface area contributed by atoms with Gasteiger partial charge in [0.2, 0.25) is 21.8 Å². The van der Waals surface area contributed by atoms with Crippen molar-refractivity contribution in [2.75, 3.05) is 17.1 Å². The topological polar surface area (TPSA) is 86.8 Å². The fourth-order valence-corrected chi connectivity index (χ4v) is 4.36. The van der Waals surface area contributed by atoms with Crippen LogP contribution in [0.3, 0.4) is 0 Å². The summed E-state index contributed by atoms with van der Waals surface area (Å²) in [6, 6.07) is 10.8. The summed E-state index contributed by atoms with van der Waals surface area (Å²) < 4.78 is 39.3. The van der Waals surface area contributed by atoms with E-state index in [-0.39, 0.29) is 24.2 Å². The van der Waals surface area contributed by atoms with E-state index >= 15 is 0 Å². The van der Waals surface area contributed by atoms with Gasteiger partial charge in [-0.3, -0.25) is 13.9 Å². The van der Waals surface area contributed by atoms with Gasteiger partial charge in [0.05, 0.1) is 11.9 Å². The van der Waals surface area contributed by atoms with E-state index in [4.69, 9.17) is 11.6 Å². The number of nitrogens with one attached hydrogen (secondary N) is 1. The SMILES string of the molecule is CC[C@H](C(=O)NC(C)C)N(Cc1ccc(F)cc1)C(=O)CN(c1cccc(Cl)c1)S(C)(=O)=O. The van der Waals surface area contributed by atoms with Gasteiger partial charge in [0, 0.05) is 17.6 Å². The largest absolute Gasteiger partial charge is 0.352 e. The molecule has 0 fully saturated rings. The molecule has 0 bridgehead atoms. The van der Waals surface area contributed by atoms with Crippen LogP contribution in [0.25, 0.3) is 0 Å². The summed E-state index contributed by atoms with van der Waals surface area (Å²) in [7, 11) is -3.84. The molecule has 0 saturated carbocycles. The quantitative estimate of drug-likeness (QED) is 0.543. The highest BCUT2D eigenvalue weighted by molar-refractivity contribution is 7.92. The zero-order chi connectivity index (χ0) is 24.8. The van der Waals surface area contributed by atoms with Gasteiger partial charge in [-0.15, -0.1) is 0 Å². The summed E-state index contributed by atoms with van der Waals surface area (Å²) in [6.07, 6.45) is 1.30. The molecule has 0 heterocycles. The number of sulfonamides is 1. The minimum absolute atomic E-state index is 0.0102. The van der Waals surface area contributed by atoms with Crippen LogP contribution in [0.2, 0.25) is 5.02 Å². The molecule has 2 amide bonds. The van der Waals surface area contributed by atoms with E-state index in [0.717, 1.165) is 10.6 Å². The Balaban J connectivity index is 2.43. The van der Waals surface area contributed by atoms with Crippen molar-refractivity contribution in [2.24, 2.45) is 0 Å². The molecule has 0 aliphatic heterocycles. The summed E-state index contributed by atoms with van der Waals surface area (Å²) in [5.41, 5.74) is 0.842. The van der Waals surface area contributed by atoms with Crippen LogP contribution in [0, 0.1) is 5.82 Å². The second-order valence-corrected chi connectivity index (χ2v) is 10.3. The van der Waals surface area contributed by atoms with Crippen molar-refractivity contribution in [1.29, 1.82) is 0 Å². The average Bonchev–Trinajstić information content (AvgIpc) is 2.71. The molecule has 33 heavy (non-hydrogen) atoms. The molecule has 2 aromatic rings. The van der Waals surface area contributed by atoms with Crippen LogP contribution in [-0.4, -0.2) is 50.0 Å². The van der Waals surface area contributed by atoms with Crippen LogP contribution in [0.5, 0.6) is 0 Å². The van der Waals surface area contributed by atoms with Crippen molar-refractivity contribution in [3.05, 3.63) is 64.9 Å². The summed E-state index contributed by atoms with van der Waals surface area (Å²) in [5, 5.41) is 3.12. The third-order valence-corrected chi connectivity index (χ3v) is 6.23. The summed E-state index contributed by atoms with van der Waals surface area (Å²) in [4.78, 5) is 27.6. The number of amides is 2. The minimum Gasteiger partial charge on any atom is -0.352 e. The highest BCUT2D eigenvalue weighted by Crippen LogP contribution is 2.23. The standard InChI is InChI=1S/C23H29ClFN3O4S/c1-5-21(23(30)26-16(2)3)27(14-17-9-11-19(25)12-10-17)22(29)15-28(33(4,31)32)20-8-6-7-18(24)13-20/h6-13,16,21H,5,14-15H2,1-4H3,(H,26,30)/t21-/m1/s1. The van der Waals surface area contributed by atoms with E-state index in [1.54, 1.807) is 32.9 Å². The number of nitrogens with zero attached hydrogens (tertiary/aromatic N) is 2.